The first kappa shape index (κ1) is 15.5. The lowest BCUT2D eigenvalue weighted by atomic mass is 9.80. The van der Waals surface area contributed by atoms with Crippen molar-refractivity contribution < 1.29 is 14.3 Å². The minimum absolute atomic E-state index is 0.132. The van der Waals surface area contributed by atoms with Crippen LogP contribution in [0.2, 0.25) is 0 Å². The van der Waals surface area contributed by atoms with Crippen LogP contribution >= 0.6 is 0 Å². The number of methoxy groups -OCH3 is 1. The predicted molar refractivity (Wildman–Crippen MR) is 78.6 cm³/mol. The molecule has 0 radical (unpaired) electrons. The monoisotopic (exact) mass is 290 g/mol. The first-order chi connectivity index (χ1) is 9.81. The third kappa shape index (κ3) is 3.60. The molecule has 1 aromatic rings. The smallest absolute Gasteiger partial charge is 0.339 e. The van der Waals surface area contributed by atoms with Crippen molar-refractivity contribution in [2.75, 3.05) is 13.7 Å². The van der Waals surface area contributed by atoms with Gasteiger partial charge >= 0.3 is 5.97 Å². The fourth-order valence-corrected chi connectivity index (χ4v) is 2.46. The van der Waals surface area contributed by atoms with Crippen LogP contribution < -0.4 is 0 Å². The molecule has 1 aliphatic rings. The van der Waals surface area contributed by atoms with E-state index in [0.29, 0.717) is 24.4 Å². The van der Waals surface area contributed by atoms with Gasteiger partial charge in [0.25, 0.3) is 0 Å². The summed E-state index contributed by atoms with van der Waals surface area (Å²) in [5, 5.41) is 0. The summed E-state index contributed by atoms with van der Waals surface area (Å²) in [5.41, 5.74) is 1.33. The maximum atomic E-state index is 12.1. The van der Waals surface area contributed by atoms with E-state index in [4.69, 9.17) is 0 Å². The van der Waals surface area contributed by atoms with Gasteiger partial charge in [0.05, 0.1) is 24.9 Å². The van der Waals surface area contributed by atoms with Crippen LogP contribution in [0.5, 0.6) is 0 Å². The fraction of sp³-hybridized carbons (Fsp3) is 0.562. The van der Waals surface area contributed by atoms with Gasteiger partial charge in [-0.05, 0) is 23.5 Å². The van der Waals surface area contributed by atoms with Crippen LogP contribution in [-0.2, 0) is 16.1 Å². The number of hydrogen-bond donors (Lipinski definition) is 0. The van der Waals surface area contributed by atoms with E-state index < -0.39 is 5.97 Å². The number of nitrogens with zero attached hydrogens (tertiary/aromatic N) is 2. The minimum atomic E-state index is -0.404. The van der Waals surface area contributed by atoms with Gasteiger partial charge in [0.2, 0.25) is 5.91 Å². The fourth-order valence-electron chi connectivity index (χ4n) is 2.46. The molecular weight excluding hydrogens is 268 g/mol. The van der Waals surface area contributed by atoms with Crippen LogP contribution in [0.15, 0.2) is 18.3 Å². The van der Waals surface area contributed by atoms with Crippen LogP contribution in [0, 0.1) is 11.3 Å². The number of ether oxygens (including phenoxy) is 1. The van der Waals surface area contributed by atoms with E-state index in [9.17, 15) is 9.59 Å². The number of carbonyl (C=O) groups excluding carboxylic acids is 2. The number of esters is 1. The van der Waals surface area contributed by atoms with Crippen LogP contribution in [0.25, 0.3) is 0 Å². The lowest BCUT2D eigenvalue weighted by molar-refractivity contribution is -0.128. The molecule has 1 saturated heterocycles. The molecule has 0 saturated carbocycles. The molecular formula is C16H22N2O3. The summed E-state index contributed by atoms with van der Waals surface area (Å²) in [6.07, 6.45) is 2.09. The van der Waals surface area contributed by atoms with Gasteiger partial charge in [0, 0.05) is 19.2 Å². The van der Waals surface area contributed by atoms with Gasteiger partial charge in [-0.15, -0.1) is 0 Å². The highest BCUT2D eigenvalue weighted by molar-refractivity contribution is 5.88. The molecule has 21 heavy (non-hydrogen) atoms. The number of rotatable bonds is 3. The van der Waals surface area contributed by atoms with E-state index in [2.05, 4.69) is 30.5 Å². The molecule has 0 bridgehead atoms. The zero-order valence-electron chi connectivity index (χ0n) is 13.0. The Morgan fingerprint density at radius 1 is 1.43 bits per heavy atom. The zero-order valence-corrected chi connectivity index (χ0v) is 13.0. The quantitative estimate of drug-likeness (QED) is 0.801. The normalized spacial score (nSPS) is 19.0. The van der Waals surface area contributed by atoms with Gasteiger partial charge < -0.3 is 9.64 Å². The highest BCUT2D eigenvalue weighted by Gasteiger charge is 2.36. The molecule has 0 aliphatic carbocycles. The Bertz CT molecular complexity index is 531. The van der Waals surface area contributed by atoms with E-state index in [1.807, 2.05) is 4.90 Å². The predicted octanol–water partition coefficient (Wildman–Crippen LogP) is 2.26. The van der Waals surface area contributed by atoms with Crippen molar-refractivity contribution >= 4 is 11.9 Å². The van der Waals surface area contributed by atoms with Crippen molar-refractivity contribution in [3.05, 3.63) is 29.6 Å². The number of pyridine rings is 1. The van der Waals surface area contributed by atoms with Crippen LogP contribution in [-0.4, -0.2) is 35.4 Å². The molecule has 1 fully saturated rings. The highest BCUT2D eigenvalue weighted by Crippen LogP contribution is 2.34. The largest absolute Gasteiger partial charge is 0.465 e. The van der Waals surface area contributed by atoms with Gasteiger partial charge in [-0.3, -0.25) is 9.78 Å². The summed E-state index contributed by atoms with van der Waals surface area (Å²) < 4.78 is 4.63. The second-order valence-corrected chi connectivity index (χ2v) is 6.57. The minimum Gasteiger partial charge on any atom is -0.465 e. The number of likely N-dealkylation sites (tertiary alicyclic amines) is 1. The van der Waals surface area contributed by atoms with E-state index in [-0.39, 0.29) is 11.3 Å². The molecule has 0 aromatic carbocycles. The number of carbonyl (C=O) groups is 2. The first-order valence-electron chi connectivity index (χ1n) is 7.12. The number of aromatic nitrogens is 1. The van der Waals surface area contributed by atoms with Crippen molar-refractivity contribution in [1.29, 1.82) is 0 Å². The van der Waals surface area contributed by atoms with E-state index >= 15 is 0 Å². The Hall–Kier alpha value is -1.91. The lowest BCUT2D eigenvalue weighted by Crippen LogP contribution is -2.27. The highest BCUT2D eigenvalue weighted by atomic mass is 16.5. The van der Waals surface area contributed by atoms with Crippen LogP contribution in [0.1, 0.15) is 43.2 Å². The van der Waals surface area contributed by atoms with E-state index in [1.54, 1.807) is 12.1 Å². The van der Waals surface area contributed by atoms with Gasteiger partial charge in [-0.2, -0.15) is 0 Å². The molecule has 5 heteroatoms. The average molecular weight is 290 g/mol. The second kappa shape index (κ2) is 5.84. The molecule has 2 rings (SSSR count). The van der Waals surface area contributed by atoms with Crippen molar-refractivity contribution in [3.8, 4) is 0 Å². The Morgan fingerprint density at radius 2 is 2.14 bits per heavy atom. The summed E-state index contributed by atoms with van der Waals surface area (Å²) in [4.78, 5) is 29.5. The number of amides is 1. The SMILES string of the molecule is COC(=O)c1ccc(CN2CC(C(C)(C)C)CC2=O)nc1. The summed E-state index contributed by atoms with van der Waals surface area (Å²) in [6.45, 7) is 7.75. The summed E-state index contributed by atoms with van der Waals surface area (Å²) in [6, 6.07) is 3.44. The molecule has 5 nitrogen and oxygen atoms in total. The van der Waals surface area contributed by atoms with E-state index in [1.165, 1.54) is 13.3 Å². The van der Waals surface area contributed by atoms with Crippen molar-refractivity contribution in [3.63, 3.8) is 0 Å². The molecule has 1 unspecified atom stereocenters. The molecule has 0 spiro atoms. The molecule has 1 aromatic heterocycles. The summed E-state index contributed by atoms with van der Waals surface area (Å²) in [7, 11) is 1.34. The number of hydrogen-bond acceptors (Lipinski definition) is 4. The van der Waals surface area contributed by atoms with Gasteiger partial charge in [0.1, 0.15) is 0 Å². The molecule has 1 amide bonds. The van der Waals surface area contributed by atoms with Gasteiger partial charge in [-0.1, -0.05) is 20.8 Å². The zero-order chi connectivity index (χ0) is 15.6. The standard InChI is InChI=1S/C16H22N2O3/c1-16(2,3)12-7-14(19)18(9-12)10-13-6-5-11(8-17-13)15(20)21-4/h5-6,8,12H,7,9-10H2,1-4H3. The molecule has 114 valence electrons. The third-order valence-electron chi connectivity index (χ3n) is 4.04. The average Bonchev–Trinajstić information content (AvgIpc) is 2.80. The lowest BCUT2D eigenvalue weighted by Gasteiger charge is -2.26. The molecule has 0 N–H and O–H groups in total. The van der Waals surface area contributed by atoms with Gasteiger partial charge in [0.15, 0.2) is 0 Å². The maximum Gasteiger partial charge on any atom is 0.339 e. The second-order valence-electron chi connectivity index (χ2n) is 6.57. The Kier molecular flexibility index (Phi) is 4.30. The van der Waals surface area contributed by atoms with Crippen LogP contribution in [0.3, 0.4) is 0 Å². The van der Waals surface area contributed by atoms with Crippen molar-refractivity contribution in [2.45, 2.75) is 33.7 Å². The third-order valence-corrected chi connectivity index (χ3v) is 4.04. The Balaban J connectivity index is 2.02. The molecule has 1 atom stereocenters. The molecule has 1 aliphatic heterocycles. The van der Waals surface area contributed by atoms with E-state index in [0.717, 1.165) is 12.2 Å². The molecule has 2 heterocycles. The Morgan fingerprint density at radius 3 is 2.62 bits per heavy atom. The first-order valence-corrected chi connectivity index (χ1v) is 7.12. The topological polar surface area (TPSA) is 59.5 Å². The maximum absolute atomic E-state index is 12.1. The van der Waals surface area contributed by atoms with Crippen molar-refractivity contribution in [1.82, 2.24) is 9.88 Å². The van der Waals surface area contributed by atoms with Gasteiger partial charge in [-0.25, -0.2) is 4.79 Å². The van der Waals surface area contributed by atoms with Crippen LogP contribution in [0.4, 0.5) is 0 Å². The summed E-state index contributed by atoms with van der Waals surface area (Å²) in [5.74, 6) is 0.146. The Labute approximate surface area is 125 Å². The van der Waals surface area contributed by atoms with Crippen molar-refractivity contribution in [2.24, 2.45) is 11.3 Å². The summed E-state index contributed by atoms with van der Waals surface area (Å²) >= 11 is 0.